The Balaban J connectivity index is 0.00000132. The zero-order valence-electron chi connectivity index (χ0n) is 13.0. The monoisotopic (exact) mass is 353 g/mol. The van der Waals surface area contributed by atoms with E-state index in [2.05, 4.69) is 15.6 Å². The molecule has 1 aliphatic rings. The first-order valence-corrected chi connectivity index (χ1v) is 7.30. The molecule has 124 valence electrons. The number of pyridine rings is 1. The second-order valence-electron chi connectivity index (χ2n) is 5.31. The summed E-state index contributed by atoms with van der Waals surface area (Å²) in [6.07, 6.45) is 3.77. The van der Waals surface area contributed by atoms with Crippen LogP contribution in [0, 0.1) is 6.92 Å². The van der Waals surface area contributed by atoms with Gasteiger partial charge in [0.2, 0.25) is 0 Å². The number of anilines is 1. The molecule has 0 saturated carbocycles. The van der Waals surface area contributed by atoms with Crippen LogP contribution in [-0.4, -0.2) is 17.4 Å². The number of halogens is 2. The molecule has 0 unspecified atom stereocenters. The summed E-state index contributed by atoms with van der Waals surface area (Å²) >= 11 is 0. The van der Waals surface area contributed by atoms with Crippen LogP contribution >= 0.6 is 24.8 Å². The van der Waals surface area contributed by atoms with Crippen molar-refractivity contribution >= 4 is 36.4 Å². The predicted octanol–water partition coefficient (Wildman–Crippen LogP) is 3.52. The Morgan fingerprint density at radius 3 is 2.87 bits per heavy atom. The summed E-state index contributed by atoms with van der Waals surface area (Å²) in [5.74, 6) is -0.0272. The number of fused-ring (bicyclic) bond motifs is 1. The van der Waals surface area contributed by atoms with Gasteiger partial charge in [-0.15, -0.1) is 24.8 Å². The summed E-state index contributed by atoms with van der Waals surface area (Å²) in [6.45, 7) is 3.44. The second kappa shape index (κ2) is 8.75. The Labute approximate surface area is 148 Å². The molecule has 0 radical (unpaired) electrons. The molecule has 3 rings (SSSR count). The fourth-order valence-electron chi connectivity index (χ4n) is 2.69. The van der Waals surface area contributed by atoms with Crippen molar-refractivity contribution in [3.8, 4) is 0 Å². The number of aryl methyl sites for hydroxylation is 1. The van der Waals surface area contributed by atoms with E-state index in [1.807, 2.05) is 37.3 Å². The van der Waals surface area contributed by atoms with Crippen molar-refractivity contribution in [1.29, 1.82) is 0 Å². The Morgan fingerprint density at radius 1 is 1.26 bits per heavy atom. The summed E-state index contributed by atoms with van der Waals surface area (Å²) in [6, 6.07) is 9.77. The van der Waals surface area contributed by atoms with E-state index in [9.17, 15) is 4.79 Å². The van der Waals surface area contributed by atoms with E-state index in [0.29, 0.717) is 6.54 Å². The van der Waals surface area contributed by atoms with Gasteiger partial charge in [0.25, 0.3) is 5.91 Å². The summed E-state index contributed by atoms with van der Waals surface area (Å²) in [5, 5.41) is 6.33. The number of carbonyl (C=O) groups excluding carboxylic acids is 1. The van der Waals surface area contributed by atoms with Crippen molar-refractivity contribution in [2.24, 2.45) is 0 Å². The van der Waals surface area contributed by atoms with E-state index >= 15 is 0 Å². The minimum Gasteiger partial charge on any atom is -0.385 e. The number of hydrogen-bond acceptors (Lipinski definition) is 3. The lowest BCUT2D eigenvalue weighted by molar-refractivity contribution is 0.0949. The van der Waals surface area contributed by atoms with Gasteiger partial charge in [0.05, 0.1) is 12.2 Å². The third-order valence-corrected chi connectivity index (χ3v) is 3.87. The zero-order valence-corrected chi connectivity index (χ0v) is 14.6. The van der Waals surface area contributed by atoms with E-state index in [0.717, 1.165) is 47.5 Å². The summed E-state index contributed by atoms with van der Waals surface area (Å²) in [7, 11) is 0. The highest BCUT2D eigenvalue weighted by molar-refractivity contribution is 5.97. The van der Waals surface area contributed by atoms with Gasteiger partial charge in [-0.3, -0.25) is 9.78 Å². The average Bonchev–Trinajstić information content (AvgIpc) is 2.53. The first-order valence-electron chi connectivity index (χ1n) is 7.30. The van der Waals surface area contributed by atoms with Crippen molar-refractivity contribution in [2.45, 2.75) is 26.3 Å². The van der Waals surface area contributed by atoms with Gasteiger partial charge in [0, 0.05) is 24.0 Å². The summed E-state index contributed by atoms with van der Waals surface area (Å²) in [5.41, 5.74) is 4.98. The number of carbonyl (C=O) groups is 1. The molecule has 0 fully saturated rings. The maximum absolute atomic E-state index is 12.4. The van der Waals surface area contributed by atoms with Gasteiger partial charge in [-0.2, -0.15) is 0 Å². The molecule has 0 bridgehead atoms. The first kappa shape index (κ1) is 19.3. The van der Waals surface area contributed by atoms with Crippen LogP contribution in [0.1, 0.15) is 33.6 Å². The molecule has 4 nitrogen and oxygen atoms in total. The van der Waals surface area contributed by atoms with Gasteiger partial charge in [0.15, 0.2) is 0 Å². The molecule has 0 spiro atoms. The van der Waals surface area contributed by atoms with Gasteiger partial charge in [-0.25, -0.2) is 0 Å². The van der Waals surface area contributed by atoms with Crippen molar-refractivity contribution in [1.82, 2.24) is 10.3 Å². The second-order valence-corrected chi connectivity index (χ2v) is 5.31. The Bertz CT molecular complexity index is 677. The molecule has 0 aliphatic carbocycles. The Morgan fingerprint density at radius 2 is 2.09 bits per heavy atom. The predicted molar refractivity (Wildman–Crippen MR) is 97.9 cm³/mol. The van der Waals surface area contributed by atoms with E-state index in [4.69, 9.17) is 0 Å². The molecule has 0 atom stereocenters. The standard InChI is InChI=1S/C17H19N3O.2ClH/c1-12-5-3-9-19-16(12)11-20-17(21)14-6-2-8-15-13(14)7-4-10-18-15;;/h2-3,5-6,8-9,18H,4,7,10-11H2,1H3,(H,20,21);2*1H. The lowest BCUT2D eigenvalue weighted by atomic mass is 9.97. The third-order valence-electron chi connectivity index (χ3n) is 3.87. The number of benzene rings is 1. The van der Waals surface area contributed by atoms with Gasteiger partial charge >= 0.3 is 0 Å². The normalized spacial score (nSPS) is 12.0. The van der Waals surface area contributed by atoms with Gasteiger partial charge in [0.1, 0.15) is 0 Å². The number of rotatable bonds is 3. The summed E-state index contributed by atoms with van der Waals surface area (Å²) < 4.78 is 0. The maximum Gasteiger partial charge on any atom is 0.251 e. The first-order chi connectivity index (χ1) is 10.3. The highest BCUT2D eigenvalue weighted by Gasteiger charge is 2.17. The molecule has 0 saturated heterocycles. The molecule has 1 amide bonds. The van der Waals surface area contributed by atoms with Crippen LogP contribution in [0.2, 0.25) is 0 Å². The van der Waals surface area contributed by atoms with E-state index in [1.165, 1.54) is 0 Å². The molecule has 2 heterocycles. The van der Waals surface area contributed by atoms with Crippen LogP contribution < -0.4 is 10.6 Å². The number of amides is 1. The Hall–Kier alpha value is -1.78. The van der Waals surface area contributed by atoms with Gasteiger partial charge < -0.3 is 10.6 Å². The van der Waals surface area contributed by atoms with Crippen molar-refractivity contribution in [2.75, 3.05) is 11.9 Å². The van der Waals surface area contributed by atoms with Crippen LogP contribution in [0.5, 0.6) is 0 Å². The van der Waals surface area contributed by atoms with E-state index < -0.39 is 0 Å². The summed E-state index contributed by atoms with van der Waals surface area (Å²) in [4.78, 5) is 16.7. The SMILES string of the molecule is Cc1cccnc1CNC(=O)c1cccc2c1CCCN2.Cl.Cl. The lowest BCUT2D eigenvalue weighted by Gasteiger charge is -2.20. The van der Waals surface area contributed by atoms with Crippen LogP contribution in [-0.2, 0) is 13.0 Å². The van der Waals surface area contributed by atoms with Crippen LogP contribution in [0.3, 0.4) is 0 Å². The minimum absolute atomic E-state index is 0. The quantitative estimate of drug-likeness (QED) is 0.887. The highest BCUT2D eigenvalue weighted by atomic mass is 35.5. The molecule has 2 aromatic rings. The molecular weight excluding hydrogens is 333 g/mol. The van der Waals surface area contributed by atoms with E-state index in [1.54, 1.807) is 6.20 Å². The number of hydrogen-bond donors (Lipinski definition) is 2. The molecule has 1 aromatic heterocycles. The van der Waals surface area contributed by atoms with Gasteiger partial charge in [-0.05, 0) is 49.1 Å². The van der Waals surface area contributed by atoms with Crippen molar-refractivity contribution in [3.63, 3.8) is 0 Å². The third kappa shape index (κ3) is 4.36. The molecule has 1 aliphatic heterocycles. The number of aromatic nitrogens is 1. The molecular formula is C17H21Cl2N3O. The fourth-order valence-corrected chi connectivity index (χ4v) is 2.69. The maximum atomic E-state index is 12.4. The van der Waals surface area contributed by atoms with Crippen LogP contribution in [0.4, 0.5) is 5.69 Å². The smallest absolute Gasteiger partial charge is 0.251 e. The molecule has 1 aromatic carbocycles. The van der Waals surface area contributed by atoms with Crippen LogP contribution in [0.15, 0.2) is 36.5 Å². The average molecular weight is 354 g/mol. The van der Waals surface area contributed by atoms with Crippen molar-refractivity contribution < 1.29 is 4.79 Å². The highest BCUT2D eigenvalue weighted by Crippen LogP contribution is 2.25. The zero-order chi connectivity index (χ0) is 14.7. The Kier molecular flexibility index (Phi) is 7.33. The lowest BCUT2D eigenvalue weighted by Crippen LogP contribution is -2.26. The van der Waals surface area contributed by atoms with Gasteiger partial charge in [-0.1, -0.05) is 12.1 Å². The number of nitrogens with one attached hydrogen (secondary N) is 2. The topological polar surface area (TPSA) is 54.0 Å². The molecule has 23 heavy (non-hydrogen) atoms. The number of nitrogens with zero attached hydrogens (tertiary/aromatic N) is 1. The minimum atomic E-state index is -0.0272. The molecule has 2 N–H and O–H groups in total. The molecule has 6 heteroatoms. The van der Waals surface area contributed by atoms with Crippen LogP contribution in [0.25, 0.3) is 0 Å². The van der Waals surface area contributed by atoms with E-state index in [-0.39, 0.29) is 30.7 Å². The largest absolute Gasteiger partial charge is 0.385 e. The fraction of sp³-hybridized carbons (Fsp3) is 0.294. The van der Waals surface area contributed by atoms with Crippen molar-refractivity contribution in [3.05, 3.63) is 58.9 Å².